The van der Waals surface area contributed by atoms with E-state index in [1.54, 1.807) is 20.8 Å². The summed E-state index contributed by atoms with van der Waals surface area (Å²) in [6.07, 6.45) is -1.15. The second-order valence-electron chi connectivity index (χ2n) is 6.15. The number of carbonyl (C=O) groups excluding carboxylic acids is 1. The first-order valence-corrected chi connectivity index (χ1v) is 8.62. The summed E-state index contributed by atoms with van der Waals surface area (Å²) in [5, 5.41) is 11.2. The zero-order valence-electron chi connectivity index (χ0n) is 14.0. The van der Waals surface area contributed by atoms with E-state index >= 15 is 0 Å². The number of rotatable bonds is 7. The quantitative estimate of drug-likeness (QED) is 0.656. The van der Waals surface area contributed by atoms with Gasteiger partial charge in [0, 0.05) is 18.2 Å². The number of nitrogens with one attached hydrogen (secondary N) is 2. The number of amides is 1. The molecule has 0 spiro atoms. The lowest BCUT2D eigenvalue weighted by atomic mass is 10.1. The van der Waals surface area contributed by atoms with Gasteiger partial charge in [0.15, 0.2) is 6.10 Å². The Balaban J connectivity index is 2.80. The molecule has 1 amide bonds. The van der Waals surface area contributed by atoms with Crippen LogP contribution >= 0.6 is 0 Å². The van der Waals surface area contributed by atoms with Crippen LogP contribution in [0.3, 0.4) is 0 Å². The van der Waals surface area contributed by atoms with Crippen LogP contribution in [0.5, 0.6) is 0 Å². The monoisotopic (exact) mass is 358 g/mol. The first-order chi connectivity index (χ1) is 11.0. The zero-order valence-corrected chi connectivity index (χ0v) is 14.8. The maximum absolute atomic E-state index is 12.2. The number of carbonyl (C=O) groups is 2. The lowest BCUT2D eigenvalue weighted by Gasteiger charge is -2.20. The molecule has 0 aliphatic rings. The fraction of sp³-hybridized carbons (Fsp3) is 0.467. The van der Waals surface area contributed by atoms with Crippen LogP contribution in [0.25, 0.3) is 0 Å². The summed E-state index contributed by atoms with van der Waals surface area (Å²) >= 11 is 0. The van der Waals surface area contributed by atoms with Gasteiger partial charge in [0.25, 0.3) is 5.91 Å². The number of aliphatic carboxylic acids is 1. The predicted octanol–water partition coefficient (Wildman–Crippen LogP) is 0.593. The van der Waals surface area contributed by atoms with Crippen molar-refractivity contribution in [3.63, 3.8) is 0 Å². The highest BCUT2D eigenvalue weighted by Crippen LogP contribution is 2.14. The number of hydrogen-bond donors (Lipinski definition) is 3. The van der Waals surface area contributed by atoms with Crippen molar-refractivity contribution in [3.05, 3.63) is 29.8 Å². The lowest BCUT2D eigenvalue weighted by Crippen LogP contribution is -2.40. The normalized spacial score (nSPS) is 13.3. The molecule has 134 valence electrons. The van der Waals surface area contributed by atoms with Gasteiger partial charge < -0.3 is 15.2 Å². The summed E-state index contributed by atoms with van der Waals surface area (Å²) < 4.78 is 31.5. The van der Waals surface area contributed by atoms with Gasteiger partial charge in [-0.3, -0.25) is 4.79 Å². The van der Waals surface area contributed by atoms with Crippen molar-refractivity contribution < 1.29 is 27.9 Å². The van der Waals surface area contributed by atoms with Crippen LogP contribution in [-0.2, 0) is 19.6 Å². The predicted molar refractivity (Wildman–Crippen MR) is 87.3 cm³/mol. The van der Waals surface area contributed by atoms with Crippen molar-refractivity contribution in [2.75, 3.05) is 13.7 Å². The third kappa shape index (κ3) is 5.91. The topological polar surface area (TPSA) is 122 Å². The standard InChI is InChI=1S/C15H22N2O6S/c1-15(2,3)17-24(21,22)11-7-5-10(6-8-11)13(18)16-9-12(23-4)14(19)20/h5-8,12,17H,9H2,1-4H3,(H,16,18)(H,19,20). The van der Waals surface area contributed by atoms with Crippen molar-refractivity contribution in [2.24, 2.45) is 0 Å². The van der Waals surface area contributed by atoms with Gasteiger partial charge in [0.05, 0.1) is 11.4 Å². The van der Waals surface area contributed by atoms with E-state index in [4.69, 9.17) is 9.84 Å². The molecule has 0 heterocycles. The smallest absolute Gasteiger partial charge is 0.334 e. The Labute approximate surface area is 141 Å². The Bertz CT molecular complexity index is 692. The number of carboxylic acid groups (broad SMARTS) is 1. The minimum atomic E-state index is -3.68. The third-order valence-electron chi connectivity index (χ3n) is 2.88. The van der Waals surface area contributed by atoms with Crippen LogP contribution in [0.15, 0.2) is 29.2 Å². The van der Waals surface area contributed by atoms with Crippen LogP contribution in [0.2, 0.25) is 0 Å². The van der Waals surface area contributed by atoms with Crippen molar-refractivity contribution in [3.8, 4) is 0 Å². The van der Waals surface area contributed by atoms with Crippen molar-refractivity contribution in [1.29, 1.82) is 0 Å². The Morgan fingerprint density at radius 3 is 2.17 bits per heavy atom. The number of carboxylic acids is 1. The Morgan fingerprint density at radius 2 is 1.75 bits per heavy atom. The number of ether oxygens (including phenoxy) is 1. The number of methoxy groups -OCH3 is 1. The van der Waals surface area contributed by atoms with E-state index in [0.717, 1.165) is 0 Å². The van der Waals surface area contributed by atoms with Crippen molar-refractivity contribution in [2.45, 2.75) is 37.3 Å². The van der Waals surface area contributed by atoms with Crippen molar-refractivity contribution in [1.82, 2.24) is 10.0 Å². The molecule has 24 heavy (non-hydrogen) atoms. The second kappa shape index (κ2) is 7.73. The van der Waals surface area contributed by atoms with E-state index in [1.165, 1.54) is 31.4 Å². The summed E-state index contributed by atoms with van der Waals surface area (Å²) in [6, 6.07) is 5.34. The number of benzene rings is 1. The molecule has 0 aromatic heterocycles. The summed E-state index contributed by atoms with van der Waals surface area (Å²) in [5.41, 5.74) is -0.411. The fourth-order valence-electron chi connectivity index (χ4n) is 1.81. The van der Waals surface area contributed by atoms with Crippen LogP contribution in [0, 0.1) is 0 Å². The van der Waals surface area contributed by atoms with E-state index < -0.39 is 33.5 Å². The zero-order chi connectivity index (χ0) is 18.5. The molecule has 1 rings (SSSR count). The first kappa shape index (κ1) is 20.1. The van der Waals surface area contributed by atoms with Gasteiger partial charge in [-0.05, 0) is 45.0 Å². The van der Waals surface area contributed by atoms with Crippen LogP contribution in [0.1, 0.15) is 31.1 Å². The molecule has 0 radical (unpaired) electrons. The Morgan fingerprint density at radius 1 is 1.21 bits per heavy atom. The molecular weight excluding hydrogens is 336 g/mol. The van der Waals surface area contributed by atoms with E-state index in [2.05, 4.69) is 10.0 Å². The Hall–Kier alpha value is -1.97. The van der Waals surface area contributed by atoms with Gasteiger partial charge in [-0.15, -0.1) is 0 Å². The van der Waals surface area contributed by atoms with Gasteiger partial charge >= 0.3 is 5.97 Å². The van der Waals surface area contributed by atoms with Gasteiger partial charge in [-0.2, -0.15) is 0 Å². The van der Waals surface area contributed by atoms with Gasteiger partial charge in [-0.25, -0.2) is 17.9 Å². The summed E-state index contributed by atoms with van der Waals surface area (Å²) in [7, 11) is -2.45. The average Bonchev–Trinajstić information content (AvgIpc) is 2.45. The Kier molecular flexibility index (Phi) is 6.47. The maximum Gasteiger partial charge on any atom is 0.334 e. The summed E-state index contributed by atoms with van der Waals surface area (Å²) in [5.74, 6) is -1.71. The van der Waals surface area contributed by atoms with E-state index in [9.17, 15) is 18.0 Å². The minimum absolute atomic E-state index is 0.0364. The molecule has 0 aliphatic heterocycles. The van der Waals surface area contributed by atoms with E-state index in [1.807, 2.05) is 0 Å². The molecule has 3 N–H and O–H groups in total. The molecule has 0 saturated heterocycles. The highest BCUT2D eigenvalue weighted by molar-refractivity contribution is 7.89. The molecule has 9 heteroatoms. The van der Waals surface area contributed by atoms with E-state index in [-0.39, 0.29) is 17.0 Å². The van der Waals surface area contributed by atoms with Gasteiger partial charge in [0.1, 0.15) is 0 Å². The second-order valence-corrected chi connectivity index (χ2v) is 7.83. The molecule has 8 nitrogen and oxygen atoms in total. The van der Waals surface area contributed by atoms with Crippen LogP contribution in [-0.4, -0.2) is 50.7 Å². The number of hydrogen-bond acceptors (Lipinski definition) is 5. The van der Waals surface area contributed by atoms with Crippen LogP contribution < -0.4 is 10.0 Å². The average molecular weight is 358 g/mol. The van der Waals surface area contributed by atoms with Gasteiger partial charge in [-0.1, -0.05) is 0 Å². The fourth-order valence-corrected chi connectivity index (χ4v) is 3.22. The van der Waals surface area contributed by atoms with Gasteiger partial charge in [0.2, 0.25) is 10.0 Å². The maximum atomic E-state index is 12.2. The van der Waals surface area contributed by atoms with Crippen LogP contribution in [0.4, 0.5) is 0 Å². The molecule has 1 unspecified atom stereocenters. The van der Waals surface area contributed by atoms with E-state index in [0.29, 0.717) is 0 Å². The molecule has 1 atom stereocenters. The molecule has 1 aromatic rings. The lowest BCUT2D eigenvalue weighted by molar-refractivity contribution is -0.148. The summed E-state index contributed by atoms with van der Waals surface area (Å²) in [6.45, 7) is 4.97. The largest absolute Gasteiger partial charge is 0.479 e. The third-order valence-corrected chi connectivity index (χ3v) is 4.65. The molecule has 0 saturated carbocycles. The molecule has 0 fully saturated rings. The molecule has 0 bridgehead atoms. The summed E-state index contributed by atoms with van der Waals surface area (Å²) in [4.78, 5) is 22.8. The first-order valence-electron chi connectivity index (χ1n) is 7.14. The minimum Gasteiger partial charge on any atom is -0.479 e. The molecule has 1 aromatic carbocycles. The highest BCUT2D eigenvalue weighted by Gasteiger charge is 2.22. The SMILES string of the molecule is COC(CNC(=O)c1ccc(S(=O)(=O)NC(C)(C)C)cc1)C(=O)O. The van der Waals surface area contributed by atoms with Crippen molar-refractivity contribution >= 4 is 21.9 Å². The molecular formula is C15H22N2O6S. The molecule has 0 aliphatic carbocycles. The number of sulfonamides is 1. The highest BCUT2D eigenvalue weighted by atomic mass is 32.2.